The fourth-order valence-electron chi connectivity index (χ4n) is 3.37. The van der Waals surface area contributed by atoms with Gasteiger partial charge in [0.1, 0.15) is 0 Å². The van der Waals surface area contributed by atoms with E-state index in [4.69, 9.17) is 9.47 Å². The highest BCUT2D eigenvalue weighted by molar-refractivity contribution is 5.64. The molecule has 0 N–H and O–H groups in total. The fourth-order valence-corrected chi connectivity index (χ4v) is 3.37. The molecule has 3 aromatic rings. The largest absolute Gasteiger partial charge is 0.493 e. The first kappa shape index (κ1) is 20.8. The van der Waals surface area contributed by atoms with Gasteiger partial charge in [-0.1, -0.05) is 24.3 Å². The van der Waals surface area contributed by atoms with E-state index in [0.717, 1.165) is 47.8 Å². The van der Waals surface area contributed by atoms with Gasteiger partial charge in [-0.3, -0.25) is 0 Å². The highest BCUT2D eigenvalue weighted by Crippen LogP contribution is 2.28. The van der Waals surface area contributed by atoms with Gasteiger partial charge in [-0.2, -0.15) is 10.2 Å². The summed E-state index contributed by atoms with van der Waals surface area (Å²) in [6.07, 6.45) is 2.75. The smallest absolute Gasteiger partial charge is 0.160 e. The van der Waals surface area contributed by atoms with Gasteiger partial charge in [-0.05, 0) is 67.8 Å². The molecule has 0 aliphatic carbocycles. The zero-order chi connectivity index (χ0) is 20.8. The van der Waals surface area contributed by atoms with Gasteiger partial charge in [0.05, 0.1) is 26.1 Å². The van der Waals surface area contributed by atoms with E-state index in [1.165, 1.54) is 16.7 Å². The lowest BCUT2D eigenvalue weighted by atomic mass is 10.0. The van der Waals surface area contributed by atoms with E-state index < -0.39 is 0 Å². The Morgan fingerprint density at radius 3 is 2.48 bits per heavy atom. The Hall–Kier alpha value is -2.92. The van der Waals surface area contributed by atoms with Crippen molar-refractivity contribution in [3.8, 4) is 22.8 Å². The number of methoxy groups -OCH3 is 2. The molecule has 152 valence electrons. The summed E-state index contributed by atoms with van der Waals surface area (Å²) >= 11 is 0. The van der Waals surface area contributed by atoms with Crippen molar-refractivity contribution in [3.05, 3.63) is 70.9 Å². The number of likely N-dealkylation sites (N-methyl/N-ethyl adjacent to an activating group) is 1. The highest BCUT2D eigenvalue weighted by Gasteiger charge is 2.09. The first-order chi connectivity index (χ1) is 14.0. The summed E-state index contributed by atoms with van der Waals surface area (Å²) in [5.74, 6) is 1.53. The van der Waals surface area contributed by atoms with Crippen molar-refractivity contribution >= 4 is 0 Å². The molecule has 1 heterocycles. The van der Waals surface area contributed by atoms with E-state index in [1.807, 2.05) is 18.3 Å². The second kappa shape index (κ2) is 9.52. The monoisotopic (exact) mass is 391 g/mol. The number of aryl methyl sites for hydroxylation is 1. The van der Waals surface area contributed by atoms with Crippen LogP contribution in [0.1, 0.15) is 22.3 Å². The minimum atomic E-state index is 0.760. The molecule has 0 saturated heterocycles. The normalized spacial score (nSPS) is 11.0. The molecule has 0 aliphatic rings. The maximum atomic E-state index is 5.40. The van der Waals surface area contributed by atoms with Gasteiger partial charge in [-0.25, -0.2) is 0 Å². The van der Waals surface area contributed by atoms with E-state index in [-0.39, 0.29) is 0 Å². The van der Waals surface area contributed by atoms with Gasteiger partial charge in [0, 0.05) is 18.7 Å². The van der Waals surface area contributed by atoms with Crippen molar-refractivity contribution in [2.75, 3.05) is 27.8 Å². The van der Waals surface area contributed by atoms with Crippen LogP contribution in [0.15, 0.2) is 48.7 Å². The standard InChI is InChI=1S/C24H29N3O2/c1-17-15-25-26-24(18(17)2)21-8-6-7-20(13-21)16-27(3)12-11-19-9-10-22(28-4)23(14-19)29-5/h6-10,13-15H,11-12,16H2,1-5H3. The predicted molar refractivity (Wildman–Crippen MR) is 117 cm³/mol. The predicted octanol–water partition coefficient (Wildman–Crippen LogP) is 4.45. The van der Waals surface area contributed by atoms with Gasteiger partial charge in [-0.15, -0.1) is 0 Å². The number of hydrogen-bond donors (Lipinski definition) is 0. The number of ether oxygens (including phenoxy) is 2. The summed E-state index contributed by atoms with van der Waals surface area (Å²) in [6, 6.07) is 14.7. The molecule has 0 saturated carbocycles. The van der Waals surface area contributed by atoms with Crippen molar-refractivity contribution in [2.24, 2.45) is 0 Å². The van der Waals surface area contributed by atoms with Gasteiger partial charge in [0.2, 0.25) is 0 Å². The molecule has 2 aromatic carbocycles. The van der Waals surface area contributed by atoms with E-state index in [0.29, 0.717) is 0 Å². The van der Waals surface area contributed by atoms with E-state index in [2.05, 4.69) is 66.3 Å². The molecule has 0 aliphatic heterocycles. The van der Waals surface area contributed by atoms with Crippen LogP contribution in [0.2, 0.25) is 0 Å². The second-order valence-corrected chi connectivity index (χ2v) is 7.38. The Morgan fingerprint density at radius 1 is 0.931 bits per heavy atom. The minimum Gasteiger partial charge on any atom is -0.493 e. The summed E-state index contributed by atoms with van der Waals surface area (Å²) in [4.78, 5) is 2.32. The average Bonchev–Trinajstić information content (AvgIpc) is 2.74. The zero-order valence-electron chi connectivity index (χ0n) is 17.9. The summed E-state index contributed by atoms with van der Waals surface area (Å²) in [5.41, 5.74) is 6.91. The molecule has 0 radical (unpaired) electrons. The Balaban J connectivity index is 1.65. The van der Waals surface area contributed by atoms with Crippen molar-refractivity contribution in [1.29, 1.82) is 0 Å². The van der Waals surface area contributed by atoms with Crippen molar-refractivity contribution in [3.63, 3.8) is 0 Å². The molecule has 5 nitrogen and oxygen atoms in total. The third-order valence-electron chi connectivity index (χ3n) is 5.24. The van der Waals surface area contributed by atoms with Gasteiger partial charge in [0.25, 0.3) is 0 Å². The molecule has 0 amide bonds. The Morgan fingerprint density at radius 2 is 1.72 bits per heavy atom. The van der Waals surface area contributed by atoms with Crippen LogP contribution in [-0.2, 0) is 13.0 Å². The lowest BCUT2D eigenvalue weighted by molar-refractivity contribution is 0.330. The summed E-state index contributed by atoms with van der Waals surface area (Å²) in [7, 11) is 5.47. The average molecular weight is 392 g/mol. The van der Waals surface area contributed by atoms with Crippen LogP contribution >= 0.6 is 0 Å². The SMILES string of the molecule is COc1ccc(CCN(C)Cc2cccc(-c3nncc(C)c3C)c2)cc1OC. The molecular weight excluding hydrogens is 362 g/mol. The molecule has 0 fully saturated rings. The van der Waals surface area contributed by atoms with Crippen molar-refractivity contribution in [2.45, 2.75) is 26.8 Å². The third-order valence-corrected chi connectivity index (χ3v) is 5.24. The third kappa shape index (κ3) is 5.12. The molecule has 3 rings (SSSR count). The van der Waals surface area contributed by atoms with E-state index in [1.54, 1.807) is 14.2 Å². The maximum Gasteiger partial charge on any atom is 0.160 e. The number of rotatable bonds is 8. The molecular formula is C24H29N3O2. The van der Waals surface area contributed by atoms with Gasteiger partial charge < -0.3 is 14.4 Å². The van der Waals surface area contributed by atoms with E-state index in [9.17, 15) is 0 Å². The molecule has 0 unspecified atom stereocenters. The highest BCUT2D eigenvalue weighted by atomic mass is 16.5. The lowest BCUT2D eigenvalue weighted by Gasteiger charge is -2.18. The summed E-state index contributed by atoms with van der Waals surface area (Å²) < 4.78 is 10.7. The van der Waals surface area contributed by atoms with Crippen LogP contribution in [-0.4, -0.2) is 42.9 Å². The number of benzene rings is 2. The maximum absolute atomic E-state index is 5.40. The molecule has 0 bridgehead atoms. The summed E-state index contributed by atoms with van der Waals surface area (Å²) in [6.45, 7) is 5.99. The van der Waals surface area contributed by atoms with Crippen LogP contribution in [0.25, 0.3) is 11.3 Å². The Bertz CT molecular complexity index is 972. The molecule has 1 aromatic heterocycles. The molecule has 0 spiro atoms. The molecule has 0 atom stereocenters. The van der Waals surface area contributed by atoms with Crippen molar-refractivity contribution < 1.29 is 9.47 Å². The first-order valence-electron chi connectivity index (χ1n) is 9.79. The Kier molecular flexibility index (Phi) is 6.83. The van der Waals surface area contributed by atoms with Crippen LogP contribution in [0.3, 0.4) is 0 Å². The topological polar surface area (TPSA) is 47.5 Å². The van der Waals surface area contributed by atoms with Crippen LogP contribution in [0.5, 0.6) is 11.5 Å². The van der Waals surface area contributed by atoms with Crippen LogP contribution in [0.4, 0.5) is 0 Å². The van der Waals surface area contributed by atoms with Crippen LogP contribution in [0, 0.1) is 13.8 Å². The van der Waals surface area contributed by atoms with Crippen molar-refractivity contribution in [1.82, 2.24) is 15.1 Å². The minimum absolute atomic E-state index is 0.760. The number of hydrogen-bond acceptors (Lipinski definition) is 5. The zero-order valence-corrected chi connectivity index (χ0v) is 17.9. The van der Waals surface area contributed by atoms with Gasteiger partial charge in [0.15, 0.2) is 11.5 Å². The number of aromatic nitrogens is 2. The number of nitrogens with zero attached hydrogens (tertiary/aromatic N) is 3. The lowest BCUT2D eigenvalue weighted by Crippen LogP contribution is -2.20. The first-order valence-corrected chi connectivity index (χ1v) is 9.79. The summed E-state index contributed by atoms with van der Waals surface area (Å²) in [5, 5.41) is 8.47. The quantitative estimate of drug-likeness (QED) is 0.568. The van der Waals surface area contributed by atoms with Gasteiger partial charge >= 0.3 is 0 Å². The van der Waals surface area contributed by atoms with E-state index >= 15 is 0 Å². The molecule has 5 heteroatoms. The molecule has 29 heavy (non-hydrogen) atoms. The van der Waals surface area contributed by atoms with Crippen LogP contribution < -0.4 is 9.47 Å². The Labute approximate surface area is 173 Å². The second-order valence-electron chi connectivity index (χ2n) is 7.38. The fraction of sp³-hybridized carbons (Fsp3) is 0.333.